The van der Waals surface area contributed by atoms with Crippen molar-refractivity contribution in [3.05, 3.63) is 10.6 Å². The zero-order valence-electron chi connectivity index (χ0n) is 8.36. The molecule has 1 saturated heterocycles. The van der Waals surface area contributed by atoms with Crippen molar-refractivity contribution in [2.75, 3.05) is 6.54 Å². The SMILES string of the molecule is Cc1nnsc1C1NCC1C1CCC1. The summed E-state index contributed by atoms with van der Waals surface area (Å²) in [6, 6.07) is 0.570. The van der Waals surface area contributed by atoms with Crippen molar-refractivity contribution in [1.29, 1.82) is 0 Å². The predicted molar refractivity (Wildman–Crippen MR) is 56.2 cm³/mol. The van der Waals surface area contributed by atoms with Gasteiger partial charge in [0.1, 0.15) is 0 Å². The summed E-state index contributed by atoms with van der Waals surface area (Å²) in [6.45, 7) is 3.27. The van der Waals surface area contributed by atoms with Crippen molar-refractivity contribution in [1.82, 2.24) is 14.9 Å². The van der Waals surface area contributed by atoms with Gasteiger partial charge < -0.3 is 5.32 Å². The van der Waals surface area contributed by atoms with E-state index in [-0.39, 0.29) is 0 Å². The molecule has 0 spiro atoms. The lowest BCUT2D eigenvalue weighted by Crippen LogP contribution is -2.50. The Morgan fingerprint density at radius 1 is 1.43 bits per heavy atom. The second-order valence-electron chi connectivity index (χ2n) is 4.46. The third-order valence-electron chi connectivity index (χ3n) is 3.73. The maximum absolute atomic E-state index is 4.09. The van der Waals surface area contributed by atoms with Crippen LogP contribution >= 0.6 is 11.5 Å². The van der Waals surface area contributed by atoms with Gasteiger partial charge in [-0.15, -0.1) is 5.10 Å². The molecule has 1 aromatic heterocycles. The zero-order chi connectivity index (χ0) is 9.54. The molecule has 2 heterocycles. The number of aromatic nitrogens is 2. The Bertz CT molecular complexity index is 332. The number of rotatable bonds is 2. The van der Waals surface area contributed by atoms with Gasteiger partial charge in [0, 0.05) is 12.6 Å². The van der Waals surface area contributed by atoms with E-state index in [0.717, 1.165) is 17.5 Å². The lowest BCUT2D eigenvalue weighted by atomic mass is 9.69. The van der Waals surface area contributed by atoms with Crippen LogP contribution in [-0.2, 0) is 0 Å². The fraction of sp³-hybridized carbons (Fsp3) is 0.800. The Morgan fingerprint density at radius 3 is 2.71 bits per heavy atom. The van der Waals surface area contributed by atoms with E-state index in [2.05, 4.69) is 21.8 Å². The Labute approximate surface area is 88.1 Å². The molecule has 2 aliphatic rings. The maximum Gasteiger partial charge on any atom is 0.0772 e. The first kappa shape index (κ1) is 8.80. The summed E-state index contributed by atoms with van der Waals surface area (Å²) in [6.07, 6.45) is 4.32. The van der Waals surface area contributed by atoms with E-state index >= 15 is 0 Å². The van der Waals surface area contributed by atoms with Crippen LogP contribution < -0.4 is 5.32 Å². The normalized spacial score (nSPS) is 32.4. The molecule has 1 aromatic rings. The van der Waals surface area contributed by atoms with Gasteiger partial charge in [-0.1, -0.05) is 23.8 Å². The molecule has 14 heavy (non-hydrogen) atoms. The van der Waals surface area contributed by atoms with Gasteiger partial charge in [-0.2, -0.15) is 0 Å². The molecule has 3 nitrogen and oxygen atoms in total. The van der Waals surface area contributed by atoms with Gasteiger partial charge in [0.2, 0.25) is 0 Å². The van der Waals surface area contributed by atoms with Crippen LogP contribution in [0.2, 0.25) is 0 Å². The summed E-state index contributed by atoms with van der Waals surface area (Å²) in [7, 11) is 0. The topological polar surface area (TPSA) is 37.8 Å². The maximum atomic E-state index is 4.09. The lowest BCUT2D eigenvalue weighted by Gasteiger charge is -2.46. The smallest absolute Gasteiger partial charge is 0.0772 e. The van der Waals surface area contributed by atoms with Crippen LogP contribution in [0.5, 0.6) is 0 Å². The molecule has 1 aliphatic heterocycles. The van der Waals surface area contributed by atoms with Gasteiger partial charge in [-0.25, -0.2) is 0 Å². The van der Waals surface area contributed by atoms with Crippen molar-refractivity contribution in [3.8, 4) is 0 Å². The average Bonchev–Trinajstić information content (AvgIpc) is 2.43. The van der Waals surface area contributed by atoms with Gasteiger partial charge in [0.15, 0.2) is 0 Å². The molecular formula is C10H15N3S. The molecule has 0 aromatic carbocycles. The molecule has 0 radical (unpaired) electrons. The van der Waals surface area contributed by atoms with Crippen molar-refractivity contribution < 1.29 is 0 Å². The van der Waals surface area contributed by atoms with Gasteiger partial charge in [-0.05, 0) is 30.3 Å². The molecule has 2 fully saturated rings. The molecular weight excluding hydrogens is 194 g/mol. The third kappa shape index (κ3) is 1.21. The second-order valence-corrected chi connectivity index (χ2v) is 5.25. The number of nitrogens with one attached hydrogen (secondary N) is 1. The first-order valence-electron chi connectivity index (χ1n) is 5.38. The Kier molecular flexibility index (Phi) is 2.06. The molecule has 1 N–H and O–H groups in total. The number of hydrogen-bond donors (Lipinski definition) is 1. The van der Waals surface area contributed by atoms with Gasteiger partial charge in [0.05, 0.1) is 10.6 Å². The van der Waals surface area contributed by atoms with Crippen LogP contribution in [-0.4, -0.2) is 16.1 Å². The highest BCUT2D eigenvalue weighted by molar-refractivity contribution is 7.05. The van der Waals surface area contributed by atoms with E-state index in [1.165, 1.54) is 30.7 Å². The molecule has 4 heteroatoms. The number of nitrogens with zero attached hydrogens (tertiary/aromatic N) is 2. The van der Waals surface area contributed by atoms with Crippen LogP contribution in [0.4, 0.5) is 0 Å². The van der Waals surface area contributed by atoms with Crippen LogP contribution in [0.1, 0.15) is 35.9 Å². The van der Waals surface area contributed by atoms with Crippen LogP contribution in [0.3, 0.4) is 0 Å². The van der Waals surface area contributed by atoms with Gasteiger partial charge >= 0.3 is 0 Å². The van der Waals surface area contributed by atoms with Crippen LogP contribution in [0.15, 0.2) is 0 Å². The molecule has 2 unspecified atom stereocenters. The van der Waals surface area contributed by atoms with Crippen molar-refractivity contribution >= 4 is 11.5 Å². The van der Waals surface area contributed by atoms with E-state index in [1.807, 2.05) is 0 Å². The van der Waals surface area contributed by atoms with Gasteiger partial charge in [-0.3, -0.25) is 0 Å². The quantitative estimate of drug-likeness (QED) is 0.808. The first-order valence-corrected chi connectivity index (χ1v) is 6.16. The highest BCUT2D eigenvalue weighted by Crippen LogP contribution is 2.44. The highest BCUT2D eigenvalue weighted by Gasteiger charge is 2.41. The van der Waals surface area contributed by atoms with E-state index in [4.69, 9.17) is 0 Å². The predicted octanol–water partition coefficient (Wildman–Crippen LogP) is 1.91. The first-order chi connectivity index (χ1) is 6.86. The monoisotopic (exact) mass is 209 g/mol. The number of hydrogen-bond acceptors (Lipinski definition) is 4. The van der Waals surface area contributed by atoms with E-state index in [9.17, 15) is 0 Å². The molecule has 0 amide bonds. The minimum absolute atomic E-state index is 0.570. The molecule has 76 valence electrons. The Hall–Kier alpha value is -0.480. The van der Waals surface area contributed by atoms with Gasteiger partial charge in [0.25, 0.3) is 0 Å². The Balaban J connectivity index is 1.76. The Morgan fingerprint density at radius 2 is 2.29 bits per heavy atom. The number of aryl methyl sites for hydroxylation is 1. The van der Waals surface area contributed by atoms with Crippen LogP contribution in [0.25, 0.3) is 0 Å². The average molecular weight is 209 g/mol. The minimum atomic E-state index is 0.570. The van der Waals surface area contributed by atoms with Crippen molar-refractivity contribution in [2.24, 2.45) is 11.8 Å². The molecule has 0 bridgehead atoms. The fourth-order valence-electron chi connectivity index (χ4n) is 2.49. The molecule has 2 atom stereocenters. The molecule has 1 aliphatic carbocycles. The third-order valence-corrected chi connectivity index (χ3v) is 4.64. The highest BCUT2D eigenvalue weighted by atomic mass is 32.1. The van der Waals surface area contributed by atoms with E-state index < -0.39 is 0 Å². The lowest BCUT2D eigenvalue weighted by molar-refractivity contribution is 0.0955. The summed E-state index contributed by atoms with van der Waals surface area (Å²) in [4.78, 5) is 1.37. The van der Waals surface area contributed by atoms with Crippen LogP contribution in [0, 0.1) is 18.8 Å². The zero-order valence-corrected chi connectivity index (χ0v) is 9.18. The largest absolute Gasteiger partial charge is 0.308 e. The molecule has 3 rings (SSSR count). The van der Waals surface area contributed by atoms with E-state index in [1.54, 1.807) is 11.5 Å². The summed E-state index contributed by atoms with van der Waals surface area (Å²) < 4.78 is 4.01. The second kappa shape index (κ2) is 3.28. The fourth-order valence-corrected chi connectivity index (χ4v) is 3.28. The van der Waals surface area contributed by atoms with Crippen molar-refractivity contribution in [2.45, 2.75) is 32.2 Å². The standard InChI is InChI=1S/C10H15N3S/c1-6-10(14-13-12-6)9-8(5-11-9)7-3-2-4-7/h7-9,11H,2-5H2,1H3. The summed E-state index contributed by atoms with van der Waals surface area (Å²) >= 11 is 1.57. The minimum Gasteiger partial charge on any atom is -0.308 e. The van der Waals surface area contributed by atoms with Crippen molar-refractivity contribution in [3.63, 3.8) is 0 Å². The summed E-state index contributed by atoms with van der Waals surface area (Å²) in [5.41, 5.74) is 1.12. The summed E-state index contributed by atoms with van der Waals surface area (Å²) in [5.74, 6) is 1.84. The summed E-state index contributed by atoms with van der Waals surface area (Å²) in [5, 5.41) is 7.60. The molecule has 1 saturated carbocycles. The van der Waals surface area contributed by atoms with E-state index in [0.29, 0.717) is 6.04 Å².